The van der Waals surface area contributed by atoms with Gasteiger partial charge >= 0.3 is 0 Å². The fourth-order valence-corrected chi connectivity index (χ4v) is 3.40. The maximum Gasteiger partial charge on any atom is 0.231 e. The summed E-state index contributed by atoms with van der Waals surface area (Å²) in [5.41, 5.74) is 0.724. The zero-order valence-corrected chi connectivity index (χ0v) is 13.6. The summed E-state index contributed by atoms with van der Waals surface area (Å²) in [5.74, 6) is 1.81. The smallest absolute Gasteiger partial charge is 0.231 e. The third kappa shape index (κ3) is 2.92. The Labute approximate surface area is 139 Å². The number of amides is 1. The highest BCUT2D eigenvalue weighted by molar-refractivity contribution is 5.81. The van der Waals surface area contributed by atoms with Crippen molar-refractivity contribution in [2.75, 3.05) is 13.1 Å². The molecular weight excluding hydrogens is 309 g/mol. The molecule has 0 bridgehead atoms. The van der Waals surface area contributed by atoms with Crippen LogP contribution < -0.4 is 0 Å². The Hall–Kier alpha value is -2.24. The molecule has 1 aliphatic heterocycles. The standard InChI is InChI=1S/C18H20FN3O2/c1-11-9-15(11)18(23)22-8-2-3-13(10-22)17-20-16(21-24-17)12-4-6-14(19)7-5-12/h4-7,11,13,15H,2-3,8-10H2,1H3. The van der Waals surface area contributed by atoms with Crippen molar-refractivity contribution in [3.8, 4) is 11.4 Å². The van der Waals surface area contributed by atoms with E-state index in [0.29, 0.717) is 24.2 Å². The van der Waals surface area contributed by atoms with Crippen molar-refractivity contribution in [3.63, 3.8) is 0 Å². The van der Waals surface area contributed by atoms with E-state index < -0.39 is 0 Å². The van der Waals surface area contributed by atoms with E-state index in [-0.39, 0.29) is 23.6 Å². The fourth-order valence-electron chi connectivity index (χ4n) is 3.40. The normalized spacial score (nSPS) is 26.4. The third-order valence-electron chi connectivity index (χ3n) is 5.05. The highest BCUT2D eigenvalue weighted by atomic mass is 19.1. The number of hydrogen-bond donors (Lipinski definition) is 0. The van der Waals surface area contributed by atoms with Crippen LogP contribution in [-0.4, -0.2) is 34.0 Å². The molecule has 2 aromatic rings. The second-order valence-electron chi connectivity index (χ2n) is 6.91. The molecule has 0 spiro atoms. The lowest BCUT2D eigenvalue weighted by molar-refractivity contribution is -0.134. The van der Waals surface area contributed by atoms with Gasteiger partial charge in [0.25, 0.3) is 0 Å². The lowest BCUT2D eigenvalue weighted by atomic mass is 9.97. The van der Waals surface area contributed by atoms with E-state index in [4.69, 9.17) is 4.52 Å². The van der Waals surface area contributed by atoms with E-state index in [1.165, 1.54) is 12.1 Å². The van der Waals surface area contributed by atoms with Crippen molar-refractivity contribution in [1.29, 1.82) is 0 Å². The minimum Gasteiger partial charge on any atom is -0.342 e. The van der Waals surface area contributed by atoms with Crippen molar-refractivity contribution in [2.24, 2.45) is 11.8 Å². The van der Waals surface area contributed by atoms with Crippen molar-refractivity contribution in [3.05, 3.63) is 36.0 Å². The first kappa shape index (κ1) is 15.3. The van der Waals surface area contributed by atoms with Crippen LogP contribution in [-0.2, 0) is 4.79 Å². The van der Waals surface area contributed by atoms with Crippen LogP contribution in [0.2, 0.25) is 0 Å². The van der Waals surface area contributed by atoms with Crippen molar-refractivity contribution in [2.45, 2.75) is 32.1 Å². The average Bonchev–Trinajstić information content (AvgIpc) is 3.13. The topological polar surface area (TPSA) is 59.2 Å². The first-order chi connectivity index (χ1) is 11.6. The van der Waals surface area contributed by atoms with Crippen LogP contribution in [0.15, 0.2) is 28.8 Å². The Morgan fingerprint density at radius 3 is 2.79 bits per heavy atom. The second-order valence-corrected chi connectivity index (χ2v) is 6.91. The number of hydrogen-bond acceptors (Lipinski definition) is 4. The molecule has 3 atom stereocenters. The molecule has 4 rings (SSSR count). The van der Waals surface area contributed by atoms with E-state index in [1.807, 2.05) is 4.90 Å². The van der Waals surface area contributed by atoms with Gasteiger partial charge in [0, 0.05) is 24.6 Å². The van der Waals surface area contributed by atoms with Gasteiger partial charge in [-0.05, 0) is 49.4 Å². The molecule has 126 valence electrons. The van der Waals surface area contributed by atoms with Crippen LogP contribution in [0.3, 0.4) is 0 Å². The molecule has 1 aromatic heterocycles. The fraction of sp³-hybridized carbons (Fsp3) is 0.500. The molecule has 6 heteroatoms. The van der Waals surface area contributed by atoms with Gasteiger partial charge in [-0.25, -0.2) is 4.39 Å². The van der Waals surface area contributed by atoms with Gasteiger partial charge in [-0.3, -0.25) is 4.79 Å². The molecule has 24 heavy (non-hydrogen) atoms. The summed E-state index contributed by atoms with van der Waals surface area (Å²) in [6.07, 6.45) is 2.90. The van der Waals surface area contributed by atoms with Gasteiger partial charge in [-0.2, -0.15) is 4.98 Å². The Balaban J connectivity index is 1.47. The highest BCUT2D eigenvalue weighted by Crippen LogP contribution is 2.40. The monoisotopic (exact) mass is 329 g/mol. The molecule has 1 saturated carbocycles. The van der Waals surface area contributed by atoms with E-state index in [1.54, 1.807) is 12.1 Å². The molecule has 0 N–H and O–H groups in total. The van der Waals surface area contributed by atoms with Crippen LogP contribution in [0, 0.1) is 17.7 Å². The molecule has 1 amide bonds. The maximum atomic E-state index is 13.0. The molecule has 1 aromatic carbocycles. The molecule has 5 nitrogen and oxygen atoms in total. The Bertz CT molecular complexity index is 743. The number of likely N-dealkylation sites (tertiary alicyclic amines) is 1. The summed E-state index contributed by atoms with van der Waals surface area (Å²) in [7, 11) is 0. The van der Waals surface area contributed by atoms with Crippen LogP contribution in [0.5, 0.6) is 0 Å². The maximum absolute atomic E-state index is 13.0. The zero-order valence-electron chi connectivity index (χ0n) is 13.6. The molecule has 2 aliphatic rings. The van der Waals surface area contributed by atoms with Gasteiger partial charge in [0.05, 0.1) is 5.92 Å². The van der Waals surface area contributed by atoms with Gasteiger partial charge < -0.3 is 9.42 Å². The van der Waals surface area contributed by atoms with Gasteiger partial charge in [-0.15, -0.1) is 0 Å². The predicted octanol–water partition coefficient (Wildman–Crippen LogP) is 3.24. The van der Waals surface area contributed by atoms with Gasteiger partial charge in [0.2, 0.25) is 17.6 Å². The Kier molecular flexibility index (Phi) is 3.82. The van der Waals surface area contributed by atoms with Gasteiger partial charge in [-0.1, -0.05) is 12.1 Å². The van der Waals surface area contributed by atoms with Crippen molar-refractivity contribution < 1.29 is 13.7 Å². The number of halogens is 1. The molecule has 1 saturated heterocycles. The third-order valence-corrected chi connectivity index (χ3v) is 5.05. The summed E-state index contributed by atoms with van der Waals surface area (Å²) in [4.78, 5) is 18.8. The Morgan fingerprint density at radius 2 is 2.08 bits per heavy atom. The van der Waals surface area contributed by atoms with E-state index in [2.05, 4.69) is 17.1 Å². The number of nitrogens with zero attached hydrogens (tertiary/aromatic N) is 3. The average molecular weight is 329 g/mol. The predicted molar refractivity (Wildman–Crippen MR) is 85.5 cm³/mol. The van der Waals surface area contributed by atoms with Gasteiger partial charge in [0.15, 0.2) is 0 Å². The number of rotatable bonds is 3. The van der Waals surface area contributed by atoms with E-state index in [9.17, 15) is 9.18 Å². The number of benzene rings is 1. The van der Waals surface area contributed by atoms with Crippen LogP contribution >= 0.6 is 0 Å². The summed E-state index contributed by atoms with van der Waals surface area (Å²) >= 11 is 0. The van der Waals surface area contributed by atoms with Gasteiger partial charge in [0.1, 0.15) is 5.82 Å². The van der Waals surface area contributed by atoms with Crippen molar-refractivity contribution >= 4 is 5.91 Å². The SMILES string of the molecule is CC1CC1C(=O)N1CCCC(c2nc(-c3ccc(F)cc3)no2)C1. The van der Waals surface area contributed by atoms with Crippen LogP contribution in [0.25, 0.3) is 11.4 Å². The summed E-state index contributed by atoms with van der Waals surface area (Å²) < 4.78 is 18.4. The lowest BCUT2D eigenvalue weighted by Gasteiger charge is -2.31. The quantitative estimate of drug-likeness (QED) is 0.867. The minimum absolute atomic E-state index is 0.0819. The minimum atomic E-state index is -0.293. The first-order valence-corrected chi connectivity index (χ1v) is 8.50. The molecule has 2 fully saturated rings. The molecule has 1 aliphatic carbocycles. The first-order valence-electron chi connectivity index (χ1n) is 8.50. The summed E-state index contributed by atoms with van der Waals surface area (Å²) in [5, 5.41) is 4.01. The van der Waals surface area contributed by atoms with Crippen LogP contribution in [0.4, 0.5) is 4.39 Å². The summed E-state index contributed by atoms with van der Waals surface area (Å²) in [6.45, 7) is 3.58. The number of aromatic nitrogens is 2. The van der Waals surface area contributed by atoms with Crippen molar-refractivity contribution in [1.82, 2.24) is 15.0 Å². The Morgan fingerprint density at radius 1 is 1.33 bits per heavy atom. The largest absolute Gasteiger partial charge is 0.342 e. The van der Waals surface area contributed by atoms with E-state index >= 15 is 0 Å². The summed E-state index contributed by atoms with van der Waals surface area (Å²) in [6, 6.07) is 6.02. The molecule has 3 unspecified atom stereocenters. The number of piperidine rings is 1. The number of carbonyl (C=O) groups excluding carboxylic acids is 1. The second kappa shape index (κ2) is 6.00. The van der Waals surface area contributed by atoms with E-state index in [0.717, 1.165) is 31.4 Å². The highest BCUT2D eigenvalue weighted by Gasteiger charge is 2.42. The number of carbonyl (C=O) groups is 1. The molecular formula is C18H20FN3O2. The molecule has 2 heterocycles. The molecule has 0 radical (unpaired) electrons. The zero-order chi connectivity index (χ0) is 16.7. The lowest BCUT2D eigenvalue weighted by Crippen LogP contribution is -2.40. The van der Waals surface area contributed by atoms with Crippen LogP contribution in [0.1, 0.15) is 38.0 Å².